The number of carboxylic acids is 1. The van der Waals surface area contributed by atoms with Crippen molar-refractivity contribution in [3.63, 3.8) is 0 Å². The summed E-state index contributed by atoms with van der Waals surface area (Å²) < 4.78 is 31.7. The van der Waals surface area contributed by atoms with Crippen molar-refractivity contribution >= 4 is 17.6 Å². The van der Waals surface area contributed by atoms with Gasteiger partial charge in [-0.3, -0.25) is 4.79 Å². The predicted octanol–water partition coefficient (Wildman–Crippen LogP) is 4.64. The van der Waals surface area contributed by atoms with Gasteiger partial charge in [-0.05, 0) is 56.7 Å². The Morgan fingerprint density at radius 3 is 2.50 bits per heavy atom. The summed E-state index contributed by atoms with van der Waals surface area (Å²) in [6, 6.07) is 9.30. The molecule has 30 heavy (non-hydrogen) atoms. The zero-order valence-electron chi connectivity index (χ0n) is 17.5. The molecule has 5 nitrogen and oxygen atoms in total. The number of amides is 1. The second-order valence-corrected chi connectivity index (χ2v) is 7.80. The number of anilines is 1. The Balaban J connectivity index is 0.000000396. The minimum Gasteiger partial charge on any atom is -0.475 e. The van der Waals surface area contributed by atoms with E-state index in [1.807, 2.05) is 4.90 Å². The van der Waals surface area contributed by atoms with Gasteiger partial charge in [0.25, 0.3) is 0 Å². The minimum atomic E-state index is -5.08. The summed E-state index contributed by atoms with van der Waals surface area (Å²) in [4.78, 5) is 25.8. The van der Waals surface area contributed by atoms with Gasteiger partial charge in [0.2, 0.25) is 5.91 Å². The molecule has 0 radical (unpaired) electrons. The van der Waals surface area contributed by atoms with Gasteiger partial charge in [0.15, 0.2) is 0 Å². The van der Waals surface area contributed by atoms with Crippen LogP contribution in [0.1, 0.15) is 57.4 Å². The fourth-order valence-electron chi connectivity index (χ4n) is 4.16. The van der Waals surface area contributed by atoms with E-state index in [9.17, 15) is 18.0 Å². The number of rotatable bonds is 6. The molecule has 0 saturated carbocycles. The van der Waals surface area contributed by atoms with Crippen LogP contribution in [0.3, 0.4) is 0 Å². The van der Waals surface area contributed by atoms with E-state index in [-0.39, 0.29) is 0 Å². The van der Waals surface area contributed by atoms with Crippen molar-refractivity contribution in [1.82, 2.24) is 4.90 Å². The Labute approximate surface area is 175 Å². The van der Waals surface area contributed by atoms with E-state index in [1.165, 1.54) is 37.8 Å². The maximum atomic E-state index is 12.3. The third-order valence-corrected chi connectivity index (χ3v) is 5.64. The number of carbonyl (C=O) groups excluding carboxylic acids is 1. The quantitative estimate of drug-likeness (QED) is 0.717. The minimum absolute atomic E-state index is 0.300. The first kappa shape index (κ1) is 24.2. The largest absolute Gasteiger partial charge is 0.490 e. The van der Waals surface area contributed by atoms with Gasteiger partial charge in [-0.25, -0.2) is 4.79 Å². The first-order chi connectivity index (χ1) is 14.2. The van der Waals surface area contributed by atoms with Crippen LogP contribution in [0.25, 0.3) is 0 Å². The second-order valence-electron chi connectivity index (χ2n) is 7.80. The van der Waals surface area contributed by atoms with Crippen LogP contribution in [0, 0.1) is 0 Å². The number of hydrogen-bond donors (Lipinski definition) is 1. The Bertz CT molecular complexity index is 709. The van der Waals surface area contributed by atoms with Gasteiger partial charge in [-0.2, -0.15) is 13.2 Å². The molecule has 0 bridgehead atoms. The van der Waals surface area contributed by atoms with Crippen LogP contribution in [-0.4, -0.2) is 53.7 Å². The topological polar surface area (TPSA) is 60.9 Å². The molecule has 0 aromatic heterocycles. The number of hydrogen-bond acceptors (Lipinski definition) is 3. The highest BCUT2D eigenvalue weighted by atomic mass is 19.4. The third kappa shape index (κ3) is 7.00. The summed E-state index contributed by atoms with van der Waals surface area (Å²) in [5, 5.41) is 7.12. The van der Waals surface area contributed by atoms with Crippen LogP contribution in [0.2, 0.25) is 0 Å². The van der Waals surface area contributed by atoms with E-state index in [4.69, 9.17) is 9.90 Å². The fourth-order valence-corrected chi connectivity index (χ4v) is 4.16. The molecule has 3 rings (SSSR count). The Hall–Kier alpha value is -2.09. The first-order valence-corrected chi connectivity index (χ1v) is 10.7. The molecule has 0 aliphatic carbocycles. The second kappa shape index (κ2) is 11.3. The SMILES string of the molecule is CCCC1CCCN1CCc1ccccc1N1CCCCC1=O.O=C(O)C(F)(F)F. The van der Waals surface area contributed by atoms with Crippen molar-refractivity contribution in [3.8, 4) is 0 Å². The molecule has 2 heterocycles. The molecule has 2 aliphatic heterocycles. The van der Waals surface area contributed by atoms with Gasteiger partial charge in [-0.1, -0.05) is 31.5 Å². The zero-order valence-corrected chi connectivity index (χ0v) is 17.5. The normalized spacial score (nSPS) is 20.1. The molecule has 1 atom stereocenters. The standard InChI is InChI=1S/C20H30N2O.C2HF3O2/c1-2-8-18-10-7-14-21(18)16-13-17-9-3-4-11-19(17)22-15-6-5-12-20(22)23;3-2(4,5)1(6)7/h3-4,9,11,18H,2,5-8,10,12-16H2,1H3;(H,6,7). The third-order valence-electron chi connectivity index (χ3n) is 5.64. The van der Waals surface area contributed by atoms with Gasteiger partial charge in [0, 0.05) is 31.2 Å². The number of aliphatic carboxylic acids is 1. The number of likely N-dealkylation sites (tertiary alicyclic amines) is 1. The molecular formula is C22H31F3N2O3. The molecule has 1 amide bonds. The number of nitrogens with zero attached hydrogens (tertiary/aromatic N) is 2. The van der Waals surface area contributed by atoms with Crippen molar-refractivity contribution in [2.24, 2.45) is 0 Å². The molecule has 0 spiro atoms. The lowest BCUT2D eigenvalue weighted by Crippen LogP contribution is -2.36. The number of carbonyl (C=O) groups is 2. The molecule has 1 aromatic carbocycles. The molecule has 1 N–H and O–H groups in total. The maximum Gasteiger partial charge on any atom is 0.490 e. The van der Waals surface area contributed by atoms with E-state index >= 15 is 0 Å². The molecule has 8 heteroatoms. The van der Waals surface area contributed by atoms with E-state index in [0.717, 1.165) is 44.1 Å². The van der Waals surface area contributed by atoms with Crippen LogP contribution in [0.5, 0.6) is 0 Å². The molecule has 2 fully saturated rings. The Kier molecular flexibility index (Phi) is 9.14. The monoisotopic (exact) mass is 428 g/mol. The van der Waals surface area contributed by atoms with Crippen LogP contribution >= 0.6 is 0 Å². The number of carboxylic acid groups (broad SMARTS) is 1. The maximum absolute atomic E-state index is 12.3. The summed E-state index contributed by atoms with van der Waals surface area (Å²) in [5.74, 6) is -2.46. The summed E-state index contributed by atoms with van der Waals surface area (Å²) in [6.45, 7) is 5.55. The number of benzene rings is 1. The lowest BCUT2D eigenvalue weighted by Gasteiger charge is -2.30. The highest BCUT2D eigenvalue weighted by Gasteiger charge is 2.38. The van der Waals surface area contributed by atoms with Gasteiger partial charge >= 0.3 is 12.1 Å². The van der Waals surface area contributed by atoms with E-state index in [1.54, 1.807) is 0 Å². The average molecular weight is 428 g/mol. The van der Waals surface area contributed by atoms with Crippen LogP contribution in [0.15, 0.2) is 24.3 Å². The number of alkyl halides is 3. The molecule has 1 unspecified atom stereocenters. The molecule has 1 aromatic rings. The Morgan fingerprint density at radius 1 is 1.17 bits per heavy atom. The van der Waals surface area contributed by atoms with E-state index < -0.39 is 12.1 Å². The van der Waals surface area contributed by atoms with Crippen molar-refractivity contribution < 1.29 is 27.9 Å². The van der Waals surface area contributed by atoms with Crippen molar-refractivity contribution in [2.45, 2.75) is 70.5 Å². The summed E-state index contributed by atoms with van der Waals surface area (Å²) >= 11 is 0. The summed E-state index contributed by atoms with van der Waals surface area (Å²) in [5.41, 5.74) is 2.49. The Morgan fingerprint density at radius 2 is 1.87 bits per heavy atom. The summed E-state index contributed by atoms with van der Waals surface area (Å²) in [7, 11) is 0. The molecule has 168 valence electrons. The van der Waals surface area contributed by atoms with E-state index in [2.05, 4.69) is 36.1 Å². The lowest BCUT2D eigenvalue weighted by atomic mass is 10.0. The fraction of sp³-hybridized carbons (Fsp3) is 0.636. The van der Waals surface area contributed by atoms with Gasteiger partial charge in [0.1, 0.15) is 0 Å². The first-order valence-electron chi connectivity index (χ1n) is 10.7. The molecular weight excluding hydrogens is 397 g/mol. The smallest absolute Gasteiger partial charge is 0.475 e. The van der Waals surface area contributed by atoms with E-state index in [0.29, 0.717) is 12.3 Å². The number of halogens is 3. The van der Waals surface area contributed by atoms with Crippen LogP contribution in [0.4, 0.5) is 18.9 Å². The van der Waals surface area contributed by atoms with Crippen molar-refractivity contribution in [1.29, 1.82) is 0 Å². The number of para-hydroxylation sites is 1. The van der Waals surface area contributed by atoms with Gasteiger partial charge < -0.3 is 14.9 Å². The predicted molar refractivity (Wildman–Crippen MR) is 110 cm³/mol. The zero-order chi connectivity index (χ0) is 22.1. The van der Waals surface area contributed by atoms with Gasteiger partial charge in [-0.15, -0.1) is 0 Å². The van der Waals surface area contributed by atoms with Crippen molar-refractivity contribution in [2.75, 3.05) is 24.5 Å². The lowest BCUT2D eigenvalue weighted by molar-refractivity contribution is -0.192. The highest BCUT2D eigenvalue weighted by molar-refractivity contribution is 5.94. The summed E-state index contributed by atoms with van der Waals surface area (Å²) in [6.07, 6.45) is 4.16. The highest BCUT2D eigenvalue weighted by Crippen LogP contribution is 2.27. The molecule has 2 aliphatic rings. The van der Waals surface area contributed by atoms with Crippen LogP contribution in [-0.2, 0) is 16.0 Å². The number of piperidine rings is 1. The van der Waals surface area contributed by atoms with Crippen molar-refractivity contribution in [3.05, 3.63) is 29.8 Å². The molecule has 2 saturated heterocycles. The average Bonchev–Trinajstić information content (AvgIpc) is 3.14. The van der Waals surface area contributed by atoms with Crippen LogP contribution < -0.4 is 4.90 Å². The van der Waals surface area contributed by atoms with Gasteiger partial charge in [0.05, 0.1) is 0 Å².